The Balaban J connectivity index is 1.83. The van der Waals surface area contributed by atoms with Gasteiger partial charge in [-0.2, -0.15) is 25.3 Å². The predicted octanol–water partition coefficient (Wildman–Crippen LogP) is 4.60. The first kappa shape index (κ1) is 13.1. The van der Waals surface area contributed by atoms with Crippen LogP contribution in [0.25, 0.3) is 0 Å². The van der Waals surface area contributed by atoms with E-state index in [0.29, 0.717) is 10.5 Å². The van der Waals surface area contributed by atoms with Crippen molar-refractivity contribution >= 4 is 25.3 Å². The van der Waals surface area contributed by atoms with E-state index in [1.807, 2.05) is 0 Å². The van der Waals surface area contributed by atoms with Crippen LogP contribution in [0.3, 0.4) is 0 Å². The van der Waals surface area contributed by atoms with E-state index >= 15 is 0 Å². The maximum absolute atomic E-state index is 4.78. The van der Waals surface area contributed by atoms with Crippen molar-refractivity contribution in [1.29, 1.82) is 0 Å². The smallest absolute Gasteiger partial charge is 0.00451 e. The maximum atomic E-state index is 4.78. The van der Waals surface area contributed by atoms with Crippen LogP contribution in [0.15, 0.2) is 0 Å². The molecule has 0 bridgehead atoms. The van der Waals surface area contributed by atoms with E-state index in [9.17, 15) is 0 Å². The summed E-state index contributed by atoms with van der Waals surface area (Å²) in [6, 6.07) is 0. The first-order chi connectivity index (χ1) is 7.65. The van der Waals surface area contributed by atoms with Crippen LogP contribution in [-0.4, -0.2) is 10.5 Å². The van der Waals surface area contributed by atoms with E-state index < -0.39 is 0 Å². The second kappa shape index (κ2) is 6.04. The van der Waals surface area contributed by atoms with Gasteiger partial charge in [0, 0.05) is 10.5 Å². The molecule has 5 unspecified atom stereocenters. The Kier molecular flexibility index (Phi) is 4.96. The lowest BCUT2D eigenvalue weighted by Crippen LogP contribution is -2.27. The Morgan fingerprint density at radius 1 is 1.00 bits per heavy atom. The molecule has 0 heterocycles. The van der Waals surface area contributed by atoms with E-state index in [0.717, 1.165) is 17.8 Å². The Labute approximate surface area is 112 Å². The quantitative estimate of drug-likeness (QED) is 0.665. The third kappa shape index (κ3) is 3.60. The normalized spacial score (nSPS) is 45.6. The summed E-state index contributed by atoms with van der Waals surface area (Å²) in [5.74, 6) is 2.72. The number of hydrogen-bond donors (Lipinski definition) is 2. The SMILES string of the molecule is CC1CC(S)CC(CC2CCCCC2S)C1. The molecule has 2 fully saturated rings. The zero-order valence-electron chi connectivity index (χ0n) is 10.4. The highest BCUT2D eigenvalue weighted by molar-refractivity contribution is 7.81. The predicted molar refractivity (Wildman–Crippen MR) is 78.6 cm³/mol. The molecule has 0 N–H and O–H groups in total. The zero-order chi connectivity index (χ0) is 11.5. The molecule has 16 heavy (non-hydrogen) atoms. The standard InChI is InChI=1S/C14H26S2/c1-10-6-11(9-13(15)7-10)8-12-4-2-3-5-14(12)16/h10-16H,2-9H2,1H3. The third-order valence-electron chi connectivity index (χ3n) is 4.52. The largest absolute Gasteiger partial charge is 0.176 e. The summed E-state index contributed by atoms with van der Waals surface area (Å²) < 4.78 is 0. The minimum absolute atomic E-state index is 0.663. The van der Waals surface area contributed by atoms with Gasteiger partial charge in [-0.1, -0.05) is 19.8 Å². The number of hydrogen-bond acceptors (Lipinski definition) is 2. The van der Waals surface area contributed by atoms with Crippen LogP contribution in [0.5, 0.6) is 0 Å². The molecule has 2 aliphatic rings. The highest BCUT2D eigenvalue weighted by Gasteiger charge is 2.29. The molecule has 0 aliphatic heterocycles. The minimum Gasteiger partial charge on any atom is -0.176 e. The summed E-state index contributed by atoms with van der Waals surface area (Å²) in [6.45, 7) is 2.40. The monoisotopic (exact) mass is 258 g/mol. The first-order valence-corrected chi connectivity index (χ1v) is 8.04. The van der Waals surface area contributed by atoms with Crippen LogP contribution in [0, 0.1) is 17.8 Å². The lowest BCUT2D eigenvalue weighted by molar-refractivity contribution is 0.221. The molecule has 0 nitrogen and oxygen atoms in total. The molecule has 0 aromatic carbocycles. The number of thiol groups is 2. The summed E-state index contributed by atoms with van der Waals surface area (Å²) in [5.41, 5.74) is 0. The van der Waals surface area contributed by atoms with E-state index in [1.165, 1.54) is 51.4 Å². The van der Waals surface area contributed by atoms with Gasteiger partial charge in [-0.05, 0) is 56.3 Å². The van der Waals surface area contributed by atoms with Gasteiger partial charge < -0.3 is 0 Å². The highest BCUT2D eigenvalue weighted by atomic mass is 32.1. The van der Waals surface area contributed by atoms with Crippen molar-refractivity contribution in [1.82, 2.24) is 0 Å². The molecule has 2 rings (SSSR count). The molecule has 5 atom stereocenters. The van der Waals surface area contributed by atoms with Crippen LogP contribution in [-0.2, 0) is 0 Å². The van der Waals surface area contributed by atoms with Crippen LogP contribution in [0.2, 0.25) is 0 Å². The van der Waals surface area contributed by atoms with Crippen molar-refractivity contribution in [3.05, 3.63) is 0 Å². The molecule has 2 heteroatoms. The Morgan fingerprint density at radius 3 is 2.44 bits per heavy atom. The van der Waals surface area contributed by atoms with E-state index in [4.69, 9.17) is 25.3 Å². The molecular weight excluding hydrogens is 232 g/mol. The summed E-state index contributed by atoms with van der Waals surface area (Å²) >= 11 is 9.48. The summed E-state index contributed by atoms with van der Waals surface area (Å²) in [4.78, 5) is 0. The van der Waals surface area contributed by atoms with Gasteiger partial charge in [0.15, 0.2) is 0 Å². The molecule has 0 aromatic heterocycles. The Morgan fingerprint density at radius 2 is 1.75 bits per heavy atom. The molecule has 0 aromatic rings. The highest BCUT2D eigenvalue weighted by Crippen LogP contribution is 2.39. The van der Waals surface area contributed by atoms with Crippen LogP contribution in [0.4, 0.5) is 0 Å². The molecular formula is C14H26S2. The fourth-order valence-electron chi connectivity index (χ4n) is 3.79. The second-order valence-corrected chi connectivity index (χ2v) is 7.57. The summed E-state index contributed by atoms with van der Waals surface area (Å²) in [6.07, 6.45) is 11.2. The van der Waals surface area contributed by atoms with E-state index in [1.54, 1.807) is 0 Å². The van der Waals surface area contributed by atoms with Crippen LogP contribution >= 0.6 is 25.3 Å². The molecule has 2 aliphatic carbocycles. The molecule has 2 saturated carbocycles. The van der Waals surface area contributed by atoms with Gasteiger partial charge >= 0.3 is 0 Å². The summed E-state index contributed by atoms with van der Waals surface area (Å²) in [5, 5.41) is 1.35. The molecule has 0 spiro atoms. The van der Waals surface area contributed by atoms with Crippen molar-refractivity contribution in [3.8, 4) is 0 Å². The van der Waals surface area contributed by atoms with Gasteiger partial charge in [0.05, 0.1) is 0 Å². The van der Waals surface area contributed by atoms with Gasteiger partial charge in [-0.15, -0.1) is 0 Å². The van der Waals surface area contributed by atoms with Gasteiger partial charge in [0.1, 0.15) is 0 Å². The van der Waals surface area contributed by atoms with Gasteiger partial charge in [-0.3, -0.25) is 0 Å². The minimum atomic E-state index is 0.663. The van der Waals surface area contributed by atoms with Crippen molar-refractivity contribution in [2.45, 2.75) is 68.8 Å². The molecule has 0 saturated heterocycles. The van der Waals surface area contributed by atoms with Crippen molar-refractivity contribution in [3.63, 3.8) is 0 Å². The lowest BCUT2D eigenvalue weighted by Gasteiger charge is -2.36. The van der Waals surface area contributed by atoms with Crippen molar-refractivity contribution < 1.29 is 0 Å². The average Bonchev–Trinajstić information content (AvgIpc) is 2.20. The lowest BCUT2D eigenvalue weighted by atomic mass is 9.74. The zero-order valence-corrected chi connectivity index (χ0v) is 12.2. The number of rotatable bonds is 2. The first-order valence-electron chi connectivity index (χ1n) is 7.01. The Bertz CT molecular complexity index is 207. The fourth-order valence-corrected chi connectivity index (χ4v) is 4.90. The Hall–Kier alpha value is 0.700. The van der Waals surface area contributed by atoms with E-state index in [2.05, 4.69) is 6.92 Å². The second-order valence-electron chi connectivity index (χ2n) is 6.18. The fraction of sp³-hybridized carbons (Fsp3) is 1.00. The molecule has 94 valence electrons. The van der Waals surface area contributed by atoms with Crippen molar-refractivity contribution in [2.24, 2.45) is 17.8 Å². The topological polar surface area (TPSA) is 0 Å². The van der Waals surface area contributed by atoms with Gasteiger partial charge in [0.25, 0.3) is 0 Å². The summed E-state index contributed by atoms with van der Waals surface area (Å²) in [7, 11) is 0. The van der Waals surface area contributed by atoms with Crippen molar-refractivity contribution in [2.75, 3.05) is 0 Å². The average molecular weight is 258 g/mol. The van der Waals surface area contributed by atoms with Crippen LogP contribution < -0.4 is 0 Å². The maximum Gasteiger partial charge on any atom is 0.00451 e. The van der Waals surface area contributed by atoms with E-state index in [-0.39, 0.29) is 0 Å². The van der Waals surface area contributed by atoms with Gasteiger partial charge in [0.2, 0.25) is 0 Å². The molecule has 0 amide bonds. The van der Waals surface area contributed by atoms with Gasteiger partial charge in [-0.25, -0.2) is 0 Å². The third-order valence-corrected chi connectivity index (χ3v) is 5.62. The van der Waals surface area contributed by atoms with Crippen LogP contribution in [0.1, 0.15) is 58.3 Å². The molecule has 0 radical (unpaired) electrons.